The zero-order valence-electron chi connectivity index (χ0n) is 18.6. The normalized spacial score (nSPS) is 14.2. The van der Waals surface area contributed by atoms with Crippen LogP contribution in [0.1, 0.15) is 37.8 Å². The minimum atomic E-state index is -0.0471. The van der Waals surface area contributed by atoms with Gasteiger partial charge in [-0.25, -0.2) is 0 Å². The Labute approximate surface area is 188 Å². The van der Waals surface area contributed by atoms with Crippen molar-refractivity contribution in [2.75, 3.05) is 29.9 Å². The number of hydrogen-bond acceptors (Lipinski definition) is 5. The molecular formula is C26H28N4O2. The van der Waals surface area contributed by atoms with E-state index in [-0.39, 0.29) is 11.8 Å². The van der Waals surface area contributed by atoms with Crippen molar-refractivity contribution in [1.82, 2.24) is 4.98 Å². The molecule has 2 aromatic carbocycles. The van der Waals surface area contributed by atoms with Crippen LogP contribution in [0, 0.1) is 17.2 Å². The lowest BCUT2D eigenvalue weighted by atomic mass is 9.94. The number of hydrogen-bond donors (Lipinski definition) is 1. The number of fused-ring (bicyclic) bond motifs is 1. The number of anilines is 2. The van der Waals surface area contributed by atoms with E-state index in [4.69, 9.17) is 4.74 Å². The number of ether oxygens (including phenoxy) is 1. The first-order valence-electron chi connectivity index (χ1n) is 11.2. The van der Waals surface area contributed by atoms with Crippen molar-refractivity contribution in [3.8, 4) is 11.8 Å². The maximum atomic E-state index is 12.9. The molecule has 1 aliphatic rings. The van der Waals surface area contributed by atoms with Crippen LogP contribution in [0.4, 0.5) is 11.4 Å². The Morgan fingerprint density at radius 3 is 2.75 bits per heavy atom. The Morgan fingerprint density at radius 1 is 1.22 bits per heavy atom. The van der Waals surface area contributed by atoms with Gasteiger partial charge in [0.25, 0.3) is 0 Å². The SMILES string of the molecule is CCOc1ccc2ncc(C#N)c(N3CCC(C(=O)Nc4cccc(CC)c4)CC3)c2c1. The second kappa shape index (κ2) is 9.69. The topological polar surface area (TPSA) is 78.2 Å². The van der Waals surface area contributed by atoms with Crippen molar-refractivity contribution < 1.29 is 9.53 Å². The third-order valence-corrected chi connectivity index (χ3v) is 6.03. The molecule has 164 valence electrons. The van der Waals surface area contributed by atoms with E-state index < -0.39 is 0 Å². The first kappa shape index (κ1) is 21.6. The molecular weight excluding hydrogens is 400 g/mol. The van der Waals surface area contributed by atoms with Gasteiger partial charge >= 0.3 is 0 Å². The average molecular weight is 429 g/mol. The number of carbonyl (C=O) groups excluding carboxylic acids is 1. The summed E-state index contributed by atoms with van der Waals surface area (Å²) in [5, 5.41) is 13.7. The largest absolute Gasteiger partial charge is 0.494 e. The molecule has 2 heterocycles. The molecule has 1 amide bonds. The molecule has 0 aliphatic carbocycles. The van der Waals surface area contributed by atoms with Gasteiger partial charge in [0.1, 0.15) is 11.8 Å². The summed E-state index contributed by atoms with van der Waals surface area (Å²) in [5.41, 5.74) is 4.32. The lowest BCUT2D eigenvalue weighted by molar-refractivity contribution is -0.120. The molecule has 0 spiro atoms. The summed E-state index contributed by atoms with van der Waals surface area (Å²) in [7, 11) is 0. The van der Waals surface area contributed by atoms with Crippen LogP contribution in [-0.4, -0.2) is 30.6 Å². The van der Waals surface area contributed by atoms with Crippen molar-refractivity contribution in [2.24, 2.45) is 5.92 Å². The number of benzene rings is 2. The predicted octanol–water partition coefficient (Wildman–Crippen LogP) is 4.92. The fourth-order valence-electron chi connectivity index (χ4n) is 4.32. The summed E-state index contributed by atoms with van der Waals surface area (Å²) in [6.45, 7) is 6.04. The first-order valence-corrected chi connectivity index (χ1v) is 11.2. The Balaban J connectivity index is 1.51. The van der Waals surface area contributed by atoms with E-state index in [0.29, 0.717) is 25.3 Å². The Bertz CT molecular complexity index is 1160. The van der Waals surface area contributed by atoms with Gasteiger partial charge < -0.3 is 15.0 Å². The van der Waals surface area contributed by atoms with Gasteiger partial charge in [0, 0.05) is 36.3 Å². The monoisotopic (exact) mass is 428 g/mol. The highest BCUT2D eigenvalue weighted by molar-refractivity contribution is 5.96. The number of rotatable bonds is 6. The molecule has 6 nitrogen and oxygen atoms in total. The van der Waals surface area contributed by atoms with E-state index in [1.54, 1.807) is 6.20 Å². The average Bonchev–Trinajstić information content (AvgIpc) is 2.83. The van der Waals surface area contributed by atoms with Gasteiger partial charge in [-0.1, -0.05) is 19.1 Å². The predicted molar refractivity (Wildman–Crippen MR) is 127 cm³/mol. The number of nitrogens with zero attached hydrogens (tertiary/aromatic N) is 3. The number of nitrogens with one attached hydrogen (secondary N) is 1. The minimum absolute atomic E-state index is 0.0471. The fraction of sp³-hybridized carbons (Fsp3) is 0.346. The second-order valence-corrected chi connectivity index (χ2v) is 8.05. The number of amides is 1. The van der Waals surface area contributed by atoms with Crippen LogP contribution in [-0.2, 0) is 11.2 Å². The summed E-state index contributed by atoms with van der Waals surface area (Å²) in [6.07, 6.45) is 4.05. The number of nitriles is 1. The van der Waals surface area contributed by atoms with Crippen LogP contribution in [0.15, 0.2) is 48.7 Å². The first-order chi connectivity index (χ1) is 15.6. The quantitative estimate of drug-likeness (QED) is 0.603. The maximum Gasteiger partial charge on any atom is 0.227 e. The van der Waals surface area contributed by atoms with E-state index in [1.165, 1.54) is 5.56 Å². The number of aromatic nitrogens is 1. The Hall–Kier alpha value is -3.59. The van der Waals surface area contributed by atoms with Crippen LogP contribution >= 0.6 is 0 Å². The molecule has 1 N–H and O–H groups in total. The molecule has 0 bridgehead atoms. The molecule has 0 saturated carbocycles. The Morgan fingerprint density at radius 2 is 2.03 bits per heavy atom. The number of carbonyl (C=O) groups is 1. The standard InChI is InChI=1S/C26H28N4O2/c1-3-18-6-5-7-21(14-18)29-26(31)19-10-12-30(13-11-19)25-20(16-27)17-28-24-9-8-22(32-4-2)15-23(24)25/h5-9,14-15,17,19H,3-4,10-13H2,1-2H3,(H,29,31). The van der Waals surface area contributed by atoms with Gasteiger partial charge in [-0.3, -0.25) is 9.78 Å². The maximum absolute atomic E-state index is 12.9. The lowest BCUT2D eigenvalue weighted by Gasteiger charge is -2.34. The second-order valence-electron chi connectivity index (χ2n) is 8.05. The van der Waals surface area contributed by atoms with Crippen molar-refractivity contribution in [1.29, 1.82) is 5.26 Å². The van der Waals surface area contributed by atoms with Gasteiger partial charge in [-0.2, -0.15) is 5.26 Å². The van der Waals surface area contributed by atoms with Gasteiger partial charge in [0.2, 0.25) is 5.91 Å². The number of aryl methyl sites for hydroxylation is 1. The highest BCUT2D eigenvalue weighted by Gasteiger charge is 2.27. The third-order valence-electron chi connectivity index (χ3n) is 6.03. The molecule has 1 saturated heterocycles. The molecule has 1 fully saturated rings. The van der Waals surface area contributed by atoms with E-state index in [0.717, 1.165) is 47.3 Å². The van der Waals surface area contributed by atoms with Gasteiger partial charge in [0.05, 0.1) is 23.4 Å². The molecule has 0 unspecified atom stereocenters. The number of pyridine rings is 1. The van der Waals surface area contributed by atoms with Crippen molar-refractivity contribution in [3.05, 3.63) is 59.8 Å². The summed E-state index contributed by atoms with van der Waals surface area (Å²) < 4.78 is 5.67. The molecule has 4 rings (SSSR count). The molecule has 3 aromatic rings. The molecule has 32 heavy (non-hydrogen) atoms. The van der Waals surface area contributed by atoms with Crippen LogP contribution < -0.4 is 15.0 Å². The Kier molecular flexibility index (Phi) is 6.55. The number of piperidine rings is 1. The van der Waals surface area contributed by atoms with Crippen LogP contribution in [0.25, 0.3) is 10.9 Å². The van der Waals surface area contributed by atoms with E-state index in [9.17, 15) is 10.1 Å². The van der Waals surface area contributed by atoms with Crippen molar-refractivity contribution in [2.45, 2.75) is 33.1 Å². The fourth-order valence-corrected chi connectivity index (χ4v) is 4.32. The molecule has 6 heteroatoms. The van der Waals surface area contributed by atoms with E-state index in [2.05, 4.69) is 34.3 Å². The van der Waals surface area contributed by atoms with Crippen LogP contribution in [0.2, 0.25) is 0 Å². The summed E-state index contributed by atoms with van der Waals surface area (Å²) in [4.78, 5) is 19.5. The lowest BCUT2D eigenvalue weighted by Crippen LogP contribution is -2.38. The van der Waals surface area contributed by atoms with Gasteiger partial charge in [0.15, 0.2) is 0 Å². The molecule has 1 aliphatic heterocycles. The highest BCUT2D eigenvalue weighted by Crippen LogP contribution is 2.34. The molecule has 1 aromatic heterocycles. The van der Waals surface area contributed by atoms with Crippen LogP contribution in [0.5, 0.6) is 5.75 Å². The molecule has 0 atom stereocenters. The van der Waals surface area contributed by atoms with Crippen LogP contribution in [0.3, 0.4) is 0 Å². The van der Waals surface area contributed by atoms with Crippen molar-refractivity contribution >= 4 is 28.2 Å². The summed E-state index contributed by atoms with van der Waals surface area (Å²) in [5.74, 6) is 0.785. The third kappa shape index (κ3) is 4.52. The van der Waals surface area contributed by atoms with E-state index >= 15 is 0 Å². The molecule has 0 radical (unpaired) electrons. The summed E-state index contributed by atoms with van der Waals surface area (Å²) in [6, 6.07) is 16.1. The smallest absolute Gasteiger partial charge is 0.227 e. The minimum Gasteiger partial charge on any atom is -0.494 e. The zero-order chi connectivity index (χ0) is 22.5. The zero-order valence-corrected chi connectivity index (χ0v) is 18.6. The van der Waals surface area contributed by atoms with Crippen molar-refractivity contribution in [3.63, 3.8) is 0 Å². The highest BCUT2D eigenvalue weighted by atomic mass is 16.5. The van der Waals surface area contributed by atoms with E-state index in [1.807, 2.05) is 43.3 Å². The van der Waals surface area contributed by atoms with Gasteiger partial charge in [-0.05, 0) is 62.1 Å². The van der Waals surface area contributed by atoms with Gasteiger partial charge in [-0.15, -0.1) is 0 Å². The summed E-state index contributed by atoms with van der Waals surface area (Å²) >= 11 is 0.